The predicted octanol–water partition coefficient (Wildman–Crippen LogP) is 7.68. The lowest BCUT2D eigenvalue weighted by Crippen LogP contribution is -2.52. The number of hydrogen-bond donors (Lipinski definition) is 6. The van der Waals surface area contributed by atoms with Crippen LogP contribution in [0.2, 0.25) is 10.0 Å². The first-order chi connectivity index (χ1) is 33.5. The number of halogens is 4. The summed E-state index contributed by atoms with van der Waals surface area (Å²) in [5.41, 5.74) is 1.70. The number of aliphatic hydroxyl groups is 2. The SMILES string of the molecule is CC(CO)(NCc1cc(Br)c(OCc2cccc(-c3cccc(COc4nc(OCc5cncc(C#N)c5)c(CN[C@](C)(CO)C(=O)O)cc4Br)c3Cl)c2Cl)nc1OCc1cncc(C#N)c1)C(=O)O. The van der Waals surface area contributed by atoms with Gasteiger partial charge in [0.2, 0.25) is 23.5 Å². The molecule has 0 aliphatic rings. The van der Waals surface area contributed by atoms with Crippen molar-refractivity contribution in [2.24, 2.45) is 0 Å². The third-order valence-electron chi connectivity index (χ3n) is 10.7. The number of carbonyl (C=O) groups is 2. The number of benzene rings is 2. The number of carboxylic acid groups (broad SMARTS) is 2. The van der Waals surface area contributed by atoms with E-state index in [2.05, 4.69) is 62.4 Å². The van der Waals surface area contributed by atoms with Crippen molar-refractivity contribution >= 4 is 67.0 Å². The van der Waals surface area contributed by atoms with Gasteiger partial charge in [0, 0.05) is 82.4 Å². The Hall–Kier alpha value is -6.46. The molecular weight excluding hydrogens is 1080 g/mol. The first kappa shape index (κ1) is 52.9. The van der Waals surface area contributed by atoms with Crippen LogP contribution in [0.5, 0.6) is 23.5 Å². The maximum atomic E-state index is 11.9. The van der Waals surface area contributed by atoms with Crippen molar-refractivity contribution in [2.75, 3.05) is 13.2 Å². The van der Waals surface area contributed by atoms with E-state index >= 15 is 0 Å². The minimum absolute atomic E-state index is 0.0356. The number of aliphatic carboxylic acids is 2. The van der Waals surface area contributed by atoms with Gasteiger partial charge in [-0.15, -0.1) is 0 Å². The number of nitrogens with zero attached hydrogens (tertiary/aromatic N) is 6. The van der Waals surface area contributed by atoms with E-state index in [1.807, 2.05) is 12.1 Å². The highest BCUT2D eigenvalue weighted by atomic mass is 79.9. The van der Waals surface area contributed by atoms with E-state index in [0.29, 0.717) is 74.6 Å². The summed E-state index contributed by atoms with van der Waals surface area (Å²) in [5.74, 6) is -2.10. The highest BCUT2D eigenvalue weighted by molar-refractivity contribution is 9.10. The van der Waals surface area contributed by atoms with Crippen molar-refractivity contribution in [2.45, 2.75) is 64.4 Å². The average molecular weight is 1120 g/mol. The quantitative estimate of drug-likeness (QED) is 0.0359. The molecular formula is C48H42Br2Cl2N8O10. The van der Waals surface area contributed by atoms with E-state index in [9.17, 15) is 40.5 Å². The molecule has 0 fully saturated rings. The second-order valence-corrected chi connectivity index (χ2v) is 18.3. The van der Waals surface area contributed by atoms with E-state index in [1.54, 1.807) is 60.7 Å². The van der Waals surface area contributed by atoms with Gasteiger partial charge in [0.1, 0.15) is 49.6 Å². The Balaban J connectivity index is 1.22. The Morgan fingerprint density at radius 3 is 1.36 bits per heavy atom. The molecule has 0 amide bonds. The standard InChI is InChI=1S/C48H42Br2Cl2N8O10/c1-47(25-61,45(63)64)57-19-33-11-37(49)43(59-41(33)67-21-29-9-27(13-53)15-55-17-29)69-23-31-5-3-7-35(39(31)51)36-8-4-6-32(40(36)52)24-70-44-38(50)12-34(20-58-48(2,26-62)46(65)66)42(60-44)68-22-30-10-28(14-54)16-56-18-30/h3-12,15-18,57-58,61-62H,19-26H2,1-2H3,(H,63,64)(H,65,66)/t47-,48?/m1/s1. The Labute approximate surface area is 428 Å². The summed E-state index contributed by atoms with van der Waals surface area (Å²) in [4.78, 5) is 41.2. The molecule has 1 unspecified atom stereocenters. The normalized spacial score (nSPS) is 12.7. The summed E-state index contributed by atoms with van der Waals surface area (Å²) < 4.78 is 25.3. The van der Waals surface area contributed by atoms with E-state index in [0.717, 1.165) is 0 Å². The molecule has 0 aliphatic heterocycles. The molecule has 4 aromatic heterocycles. The van der Waals surface area contributed by atoms with E-state index < -0.39 is 36.2 Å². The Kier molecular flexibility index (Phi) is 18.1. The molecule has 22 heteroatoms. The van der Waals surface area contributed by atoms with Gasteiger partial charge in [-0.1, -0.05) is 59.6 Å². The zero-order valence-electron chi connectivity index (χ0n) is 37.2. The van der Waals surface area contributed by atoms with E-state index in [1.165, 1.54) is 38.6 Å². The van der Waals surface area contributed by atoms with Crippen LogP contribution in [0.4, 0.5) is 0 Å². The first-order valence-electron chi connectivity index (χ1n) is 20.8. The number of hydrogen-bond acceptors (Lipinski definition) is 16. The van der Waals surface area contributed by atoms with Crippen LogP contribution in [0, 0.1) is 22.7 Å². The lowest BCUT2D eigenvalue weighted by atomic mass is 10.0. The van der Waals surface area contributed by atoms with E-state index in [4.69, 9.17) is 42.1 Å². The number of aliphatic hydroxyl groups excluding tert-OH is 2. The molecule has 70 heavy (non-hydrogen) atoms. The molecule has 18 nitrogen and oxygen atoms in total. The lowest BCUT2D eigenvalue weighted by molar-refractivity contribution is -0.146. The van der Waals surface area contributed by atoms with Crippen LogP contribution in [0.1, 0.15) is 58.4 Å². The largest absolute Gasteiger partial charge is 0.480 e. The van der Waals surface area contributed by atoms with Gasteiger partial charge in [-0.2, -0.15) is 20.5 Å². The second-order valence-electron chi connectivity index (χ2n) is 15.9. The Morgan fingerprint density at radius 2 is 1.00 bits per heavy atom. The van der Waals surface area contributed by atoms with Crippen LogP contribution in [-0.4, -0.2) is 76.6 Å². The van der Waals surface area contributed by atoms with Crippen molar-refractivity contribution in [3.05, 3.63) is 149 Å². The predicted molar refractivity (Wildman–Crippen MR) is 261 cm³/mol. The first-order valence-corrected chi connectivity index (χ1v) is 23.2. The number of nitrogens with one attached hydrogen (secondary N) is 2. The number of ether oxygens (including phenoxy) is 4. The third kappa shape index (κ3) is 13.0. The molecule has 0 spiro atoms. The molecule has 0 aliphatic carbocycles. The van der Waals surface area contributed by atoms with Gasteiger partial charge in [-0.05, 0) is 70.0 Å². The molecule has 6 aromatic rings. The molecule has 0 saturated heterocycles. The van der Waals surface area contributed by atoms with Crippen molar-refractivity contribution in [3.8, 4) is 46.8 Å². The van der Waals surface area contributed by atoms with Crippen molar-refractivity contribution in [3.63, 3.8) is 0 Å². The zero-order valence-corrected chi connectivity index (χ0v) is 41.9. The van der Waals surface area contributed by atoms with Crippen LogP contribution in [0.15, 0.2) is 94.4 Å². The molecule has 362 valence electrons. The van der Waals surface area contributed by atoms with Crippen molar-refractivity contribution in [1.82, 2.24) is 30.6 Å². The summed E-state index contributed by atoms with van der Waals surface area (Å²) in [6, 6.07) is 21.3. The molecule has 6 N–H and O–H groups in total. The molecule has 4 heterocycles. The highest BCUT2D eigenvalue weighted by Gasteiger charge is 2.33. The van der Waals surface area contributed by atoms with Gasteiger partial charge >= 0.3 is 11.9 Å². The van der Waals surface area contributed by atoms with Gasteiger partial charge in [0.05, 0.1) is 43.3 Å². The second kappa shape index (κ2) is 23.9. The summed E-state index contributed by atoms with van der Waals surface area (Å²) in [6.45, 7) is 1.01. The monoisotopic (exact) mass is 1120 g/mol. The number of carboxylic acids is 2. The van der Waals surface area contributed by atoms with Gasteiger partial charge < -0.3 is 39.4 Å². The van der Waals surface area contributed by atoms with Crippen LogP contribution in [0.3, 0.4) is 0 Å². The minimum atomic E-state index is -1.66. The Morgan fingerprint density at radius 1 is 0.614 bits per heavy atom. The molecule has 6 rings (SSSR count). The van der Waals surface area contributed by atoms with Crippen LogP contribution in [-0.2, 0) is 49.1 Å². The van der Waals surface area contributed by atoms with Crippen molar-refractivity contribution in [1.29, 1.82) is 10.5 Å². The topological polar surface area (TPSA) is 275 Å². The molecule has 0 saturated carbocycles. The fourth-order valence-corrected chi connectivity index (χ4v) is 7.85. The average Bonchev–Trinajstić information content (AvgIpc) is 3.36. The summed E-state index contributed by atoms with van der Waals surface area (Å²) in [6.07, 6.45) is 5.91. The number of pyridine rings is 4. The van der Waals surface area contributed by atoms with Crippen LogP contribution >= 0.6 is 55.1 Å². The third-order valence-corrected chi connectivity index (χ3v) is 12.7. The van der Waals surface area contributed by atoms with Gasteiger partial charge in [0.15, 0.2) is 0 Å². The van der Waals surface area contributed by atoms with E-state index in [-0.39, 0.29) is 63.0 Å². The fraction of sp³-hybridized carbons (Fsp3) is 0.250. The summed E-state index contributed by atoms with van der Waals surface area (Å²) in [5, 5.41) is 64.1. The highest BCUT2D eigenvalue weighted by Crippen LogP contribution is 2.39. The van der Waals surface area contributed by atoms with Crippen molar-refractivity contribution < 1.29 is 49.0 Å². The van der Waals surface area contributed by atoms with Gasteiger partial charge in [-0.25, -0.2) is 0 Å². The minimum Gasteiger partial charge on any atom is -0.480 e. The molecule has 0 radical (unpaired) electrons. The number of aromatic nitrogens is 4. The summed E-state index contributed by atoms with van der Waals surface area (Å²) in [7, 11) is 0. The molecule has 0 bridgehead atoms. The number of rotatable bonds is 23. The summed E-state index contributed by atoms with van der Waals surface area (Å²) >= 11 is 21.1. The maximum Gasteiger partial charge on any atom is 0.326 e. The van der Waals surface area contributed by atoms with Crippen LogP contribution in [0.25, 0.3) is 11.1 Å². The fourth-order valence-electron chi connectivity index (χ4n) is 6.32. The molecule has 2 atom stereocenters. The Bertz CT molecular complexity index is 2800. The maximum absolute atomic E-state index is 11.9. The lowest BCUT2D eigenvalue weighted by Gasteiger charge is -2.24. The van der Waals surface area contributed by atoms with Gasteiger partial charge in [0.25, 0.3) is 0 Å². The zero-order chi connectivity index (χ0) is 50.6. The molecule has 2 aromatic carbocycles. The smallest absolute Gasteiger partial charge is 0.326 e. The number of nitriles is 2. The van der Waals surface area contributed by atoms with Gasteiger partial charge in [-0.3, -0.25) is 30.2 Å². The van der Waals surface area contributed by atoms with Crippen LogP contribution < -0.4 is 29.6 Å².